The Morgan fingerprint density at radius 3 is 2.48 bits per heavy atom. The molecule has 0 spiro atoms. The summed E-state index contributed by atoms with van der Waals surface area (Å²) in [6.07, 6.45) is 0.726. The van der Waals surface area contributed by atoms with Crippen LogP contribution < -0.4 is 4.74 Å². The molecule has 0 fully saturated rings. The molecule has 0 atom stereocenters. The lowest BCUT2D eigenvalue weighted by Crippen LogP contribution is -2.09. The summed E-state index contributed by atoms with van der Waals surface area (Å²) < 4.78 is 33.5. The molecule has 1 aromatic rings. The fourth-order valence-corrected chi connectivity index (χ4v) is 3.32. The predicted molar refractivity (Wildman–Crippen MR) is 83.5 cm³/mol. The van der Waals surface area contributed by atoms with Crippen LogP contribution in [0.5, 0.6) is 5.75 Å². The first-order valence-electron chi connectivity index (χ1n) is 6.16. The van der Waals surface area contributed by atoms with Crippen molar-refractivity contribution in [2.45, 2.75) is 25.2 Å². The fraction of sp³-hybridized carbons (Fsp3) is 0.462. The Hall–Kier alpha value is -0.790. The van der Waals surface area contributed by atoms with Gasteiger partial charge in [-0.3, -0.25) is 0 Å². The SMILES string of the molecule is COc1c(Br)cc(C(=O)OCCC(C)C)cc1S(=O)(=O)Cl. The van der Waals surface area contributed by atoms with Crippen molar-refractivity contribution in [3.05, 3.63) is 22.2 Å². The Labute approximate surface area is 137 Å². The molecule has 118 valence electrons. The zero-order valence-corrected chi connectivity index (χ0v) is 15.0. The Balaban J connectivity index is 3.10. The van der Waals surface area contributed by atoms with Crippen LogP contribution >= 0.6 is 26.6 Å². The number of esters is 1. The van der Waals surface area contributed by atoms with Crippen molar-refractivity contribution in [3.8, 4) is 5.75 Å². The van der Waals surface area contributed by atoms with Crippen LogP contribution in [0.3, 0.4) is 0 Å². The second kappa shape index (κ2) is 7.47. The highest BCUT2D eigenvalue weighted by Crippen LogP contribution is 2.35. The van der Waals surface area contributed by atoms with E-state index in [2.05, 4.69) is 15.9 Å². The minimum atomic E-state index is -4.05. The van der Waals surface area contributed by atoms with E-state index < -0.39 is 15.0 Å². The second-order valence-corrected chi connectivity index (χ2v) is 8.13. The van der Waals surface area contributed by atoms with Gasteiger partial charge in [0.05, 0.1) is 23.8 Å². The molecule has 0 amide bonds. The maximum atomic E-state index is 11.9. The van der Waals surface area contributed by atoms with Gasteiger partial charge in [0.15, 0.2) is 5.75 Å². The van der Waals surface area contributed by atoms with Crippen LogP contribution in [0.1, 0.15) is 30.6 Å². The first kappa shape index (κ1) is 18.3. The van der Waals surface area contributed by atoms with Crippen molar-refractivity contribution in [3.63, 3.8) is 0 Å². The van der Waals surface area contributed by atoms with E-state index in [-0.39, 0.29) is 22.8 Å². The molecular formula is C13H16BrClO5S. The first-order chi connectivity index (χ1) is 9.66. The van der Waals surface area contributed by atoms with Crippen molar-refractivity contribution in [2.75, 3.05) is 13.7 Å². The van der Waals surface area contributed by atoms with E-state index in [1.807, 2.05) is 13.8 Å². The van der Waals surface area contributed by atoms with Crippen LogP contribution in [0.4, 0.5) is 0 Å². The van der Waals surface area contributed by atoms with Crippen LogP contribution in [0.25, 0.3) is 0 Å². The highest BCUT2D eigenvalue weighted by Gasteiger charge is 2.23. The van der Waals surface area contributed by atoms with Gasteiger partial charge < -0.3 is 9.47 Å². The third-order valence-electron chi connectivity index (χ3n) is 2.64. The van der Waals surface area contributed by atoms with Crippen LogP contribution in [0.2, 0.25) is 0 Å². The van der Waals surface area contributed by atoms with Crippen molar-refractivity contribution in [1.82, 2.24) is 0 Å². The summed E-state index contributed by atoms with van der Waals surface area (Å²) in [4.78, 5) is 11.7. The molecule has 1 aromatic carbocycles. The van der Waals surface area contributed by atoms with E-state index >= 15 is 0 Å². The zero-order chi connectivity index (χ0) is 16.2. The molecule has 0 saturated carbocycles. The summed E-state index contributed by atoms with van der Waals surface area (Å²) in [5, 5.41) is 0. The number of benzene rings is 1. The Bertz CT molecular complexity index is 628. The third kappa shape index (κ3) is 5.16. The largest absolute Gasteiger partial charge is 0.494 e. The fourth-order valence-electron chi connectivity index (χ4n) is 1.54. The molecule has 0 N–H and O–H groups in total. The monoisotopic (exact) mass is 398 g/mol. The van der Waals surface area contributed by atoms with Gasteiger partial charge in [-0.2, -0.15) is 0 Å². The molecule has 0 aliphatic carbocycles. The molecule has 0 radical (unpaired) electrons. The van der Waals surface area contributed by atoms with E-state index in [4.69, 9.17) is 20.2 Å². The topological polar surface area (TPSA) is 69.7 Å². The number of hydrogen-bond acceptors (Lipinski definition) is 5. The van der Waals surface area contributed by atoms with E-state index in [1.165, 1.54) is 13.2 Å². The van der Waals surface area contributed by atoms with Crippen molar-refractivity contribution < 1.29 is 22.7 Å². The zero-order valence-electron chi connectivity index (χ0n) is 11.9. The molecule has 0 heterocycles. The van der Waals surface area contributed by atoms with Crippen molar-refractivity contribution >= 4 is 41.6 Å². The van der Waals surface area contributed by atoms with Gasteiger partial charge in [-0.15, -0.1) is 0 Å². The lowest BCUT2D eigenvalue weighted by atomic mass is 10.1. The Kier molecular flexibility index (Phi) is 6.49. The van der Waals surface area contributed by atoms with Gasteiger partial charge in [0.2, 0.25) is 0 Å². The van der Waals surface area contributed by atoms with Crippen LogP contribution in [0, 0.1) is 5.92 Å². The average molecular weight is 400 g/mol. The minimum Gasteiger partial charge on any atom is -0.494 e. The van der Waals surface area contributed by atoms with E-state index in [9.17, 15) is 13.2 Å². The lowest BCUT2D eigenvalue weighted by Gasteiger charge is -2.11. The van der Waals surface area contributed by atoms with Gasteiger partial charge >= 0.3 is 5.97 Å². The molecular weight excluding hydrogens is 384 g/mol. The van der Waals surface area contributed by atoms with E-state index in [1.54, 1.807) is 0 Å². The van der Waals surface area contributed by atoms with Crippen LogP contribution in [-0.2, 0) is 13.8 Å². The van der Waals surface area contributed by atoms with Crippen LogP contribution in [0.15, 0.2) is 21.5 Å². The van der Waals surface area contributed by atoms with Gasteiger partial charge in [0, 0.05) is 10.7 Å². The summed E-state index contributed by atoms with van der Waals surface area (Å²) in [7, 11) is 2.62. The van der Waals surface area contributed by atoms with E-state index in [0.717, 1.165) is 12.5 Å². The number of ether oxygens (including phenoxy) is 2. The smallest absolute Gasteiger partial charge is 0.338 e. The van der Waals surface area contributed by atoms with E-state index in [0.29, 0.717) is 10.4 Å². The average Bonchev–Trinajstić information content (AvgIpc) is 2.36. The Morgan fingerprint density at radius 1 is 1.38 bits per heavy atom. The molecule has 0 unspecified atom stereocenters. The molecule has 0 saturated heterocycles. The van der Waals surface area contributed by atoms with Gasteiger partial charge in [-0.25, -0.2) is 13.2 Å². The number of hydrogen-bond donors (Lipinski definition) is 0. The molecule has 0 aliphatic heterocycles. The van der Waals surface area contributed by atoms with Gasteiger partial charge in [0.25, 0.3) is 9.05 Å². The summed E-state index contributed by atoms with van der Waals surface area (Å²) >= 11 is 3.15. The summed E-state index contributed by atoms with van der Waals surface area (Å²) in [5.74, 6) is -0.163. The molecule has 1 rings (SSSR count). The van der Waals surface area contributed by atoms with Crippen molar-refractivity contribution in [2.24, 2.45) is 5.92 Å². The number of carbonyl (C=O) groups is 1. The number of halogens is 2. The molecule has 0 aromatic heterocycles. The quantitative estimate of drug-likeness (QED) is 0.540. The standard InChI is InChI=1S/C13H16BrClO5S/c1-8(2)4-5-20-13(16)9-6-10(14)12(19-3)11(7-9)21(15,17)18/h6-8H,4-5H2,1-3H3. The molecule has 0 aliphatic rings. The minimum absolute atomic E-state index is 0.0451. The summed E-state index contributed by atoms with van der Waals surface area (Å²) in [6.45, 7) is 4.29. The summed E-state index contributed by atoms with van der Waals surface area (Å²) in [5.41, 5.74) is 0.0886. The molecule has 0 bridgehead atoms. The number of carbonyl (C=O) groups excluding carboxylic acids is 1. The first-order valence-corrected chi connectivity index (χ1v) is 9.26. The van der Waals surface area contributed by atoms with Gasteiger partial charge in [0.1, 0.15) is 4.90 Å². The van der Waals surface area contributed by atoms with Gasteiger partial charge in [-0.1, -0.05) is 13.8 Å². The molecule has 21 heavy (non-hydrogen) atoms. The molecule has 5 nitrogen and oxygen atoms in total. The Morgan fingerprint density at radius 2 is 2.00 bits per heavy atom. The third-order valence-corrected chi connectivity index (χ3v) is 4.56. The van der Waals surface area contributed by atoms with Crippen molar-refractivity contribution in [1.29, 1.82) is 0 Å². The second-order valence-electron chi connectivity index (χ2n) is 4.75. The maximum absolute atomic E-state index is 11.9. The maximum Gasteiger partial charge on any atom is 0.338 e. The van der Waals surface area contributed by atoms with Crippen LogP contribution in [-0.4, -0.2) is 28.1 Å². The lowest BCUT2D eigenvalue weighted by molar-refractivity contribution is 0.0487. The number of methoxy groups -OCH3 is 1. The normalized spacial score (nSPS) is 11.5. The summed E-state index contributed by atoms with van der Waals surface area (Å²) in [6, 6.07) is 2.58. The predicted octanol–water partition coefficient (Wildman–Crippen LogP) is 3.59. The van der Waals surface area contributed by atoms with Gasteiger partial charge in [-0.05, 0) is 40.4 Å². The highest BCUT2D eigenvalue weighted by molar-refractivity contribution is 9.10. The molecule has 8 heteroatoms. The highest BCUT2D eigenvalue weighted by atomic mass is 79.9. The number of rotatable bonds is 6.